The van der Waals surface area contributed by atoms with E-state index in [1.165, 1.54) is 0 Å². The normalized spacial score (nSPS) is 11.0. The molecule has 0 aliphatic carbocycles. The molecule has 1 N–H and O–H groups in total. The van der Waals surface area contributed by atoms with Crippen LogP contribution in [-0.4, -0.2) is 45.1 Å². The molecule has 21 heavy (non-hydrogen) atoms. The summed E-state index contributed by atoms with van der Waals surface area (Å²) in [6, 6.07) is 1.99. The van der Waals surface area contributed by atoms with Crippen molar-refractivity contribution in [2.45, 2.75) is 26.8 Å². The molecule has 0 aliphatic heterocycles. The third-order valence-electron chi connectivity index (χ3n) is 2.86. The Morgan fingerprint density at radius 3 is 2.81 bits per heavy atom. The Hall–Kier alpha value is -1.17. The Labute approximate surface area is 128 Å². The highest BCUT2D eigenvalue weighted by molar-refractivity contribution is 5.29. The molecule has 0 spiro atoms. The molecule has 5 nitrogen and oxygen atoms in total. The van der Waals surface area contributed by atoms with E-state index in [4.69, 9.17) is 14.2 Å². The van der Waals surface area contributed by atoms with Gasteiger partial charge in [0.05, 0.1) is 12.8 Å². The van der Waals surface area contributed by atoms with Gasteiger partial charge in [-0.3, -0.25) is 4.98 Å². The highest BCUT2D eigenvalue weighted by Crippen LogP contribution is 2.16. The van der Waals surface area contributed by atoms with Crippen LogP contribution in [0.4, 0.5) is 0 Å². The van der Waals surface area contributed by atoms with Crippen LogP contribution in [0.5, 0.6) is 5.75 Å². The van der Waals surface area contributed by atoms with E-state index < -0.39 is 0 Å². The Morgan fingerprint density at radius 1 is 1.19 bits per heavy atom. The number of aromatic nitrogens is 1. The monoisotopic (exact) mass is 296 g/mol. The molecule has 0 atom stereocenters. The quantitative estimate of drug-likeness (QED) is 0.600. The van der Waals surface area contributed by atoms with Crippen LogP contribution < -0.4 is 10.1 Å². The van der Waals surface area contributed by atoms with E-state index in [9.17, 15) is 0 Å². The summed E-state index contributed by atoms with van der Waals surface area (Å²) >= 11 is 0. The Bertz CT molecular complexity index is 372. The molecule has 0 bridgehead atoms. The first-order valence-corrected chi connectivity index (χ1v) is 7.57. The van der Waals surface area contributed by atoms with E-state index in [1.54, 1.807) is 19.5 Å². The molecule has 0 aliphatic rings. The van der Waals surface area contributed by atoms with E-state index in [2.05, 4.69) is 24.1 Å². The van der Waals surface area contributed by atoms with Gasteiger partial charge in [0.1, 0.15) is 12.4 Å². The standard InChI is InChI=1S/C16H28N2O3/c1-14(2)11-18-12-15-5-6-17-13-16(15)21-10-9-20-8-4-7-19-3/h5-6,13-14,18H,4,7-12H2,1-3H3. The number of hydrogen-bond donors (Lipinski definition) is 1. The maximum atomic E-state index is 5.74. The van der Waals surface area contributed by atoms with Crippen LogP contribution in [0.3, 0.4) is 0 Å². The van der Waals surface area contributed by atoms with Crippen LogP contribution in [0, 0.1) is 5.92 Å². The average molecular weight is 296 g/mol. The molecule has 0 saturated carbocycles. The molecule has 0 unspecified atom stereocenters. The van der Waals surface area contributed by atoms with Crippen LogP contribution in [0.2, 0.25) is 0 Å². The molecular weight excluding hydrogens is 268 g/mol. The van der Waals surface area contributed by atoms with E-state index in [-0.39, 0.29) is 0 Å². The van der Waals surface area contributed by atoms with Crippen molar-refractivity contribution in [2.24, 2.45) is 5.92 Å². The number of nitrogens with one attached hydrogen (secondary N) is 1. The van der Waals surface area contributed by atoms with Gasteiger partial charge in [-0.1, -0.05) is 13.8 Å². The average Bonchev–Trinajstić information content (AvgIpc) is 2.47. The molecule has 1 aromatic rings. The van der Waals surface area contributed by atoms with Crippen molar-refractivity contribution >= 4 is 0 Å². The van der Waals surface area contributed by atoms with Crippen molar-refractivity contribution < 1.29 is 14.2 Å². The maximum absolute atomic E-state index is 5.74. The molecule has 0 fully saturated rings. The Kier molecular flexibility index (Phi) is 9.78. The van der Waals surface area contributed by atoms with Gasteiger partial charge >= 0.3 is 0 Å². The largest absolute Gasteiger partial charge is 0.489 e. The summed E-state index contributed by atoms with van der Waals surface area (Å²) < 4.78 is 16.2. The van der Waals surface area contributed by atoms with Gasteiger partial charge in [0, 0.05) is 38.6 Å². The van der Waals surface area contributed by atoms with E-state index in [1.807, 2.05) is 6.07 Å². The summed E-state index contributed by atoms with van der Waals surface area (Å²) in [4.78, 5) is 4.12. The zero-order valence-corrected chi connectivity index (χ0v) is 13.4. The molecule has 120 valence electrons. The van der Waals surface area contributed by atoms with Crippen LogP contribution in [0.1, 0.15) is 25.8 Å². The lowest BCUT2D eigenvalue weighted by atomic mass is 10.2. The molecular formula is C16H28N2O3. The number of nitrogens with zero attached hydrogens (tertiary/aromatic N) is 1. The van der Waals surface area contributed by atoms with Crippen molar-refractivity contribution in [3.8, 4) is 5.75 Å². The number of methoxy groups -OCH3 is 1. The van der Waals surface area contributed by atoms with Crippen molar-refractivity contribution in [1.29, 1.82) is 0 Å². The van der Waals surface area contributed by atoms with Gasteiger partial charge < -0.3 is 19.5 Å². The summed E-state index contributed by atoms with van der Waals surface area (Å²) in [7, 11) is 1.69. The second-order valence-corrected chi connectivity index (χ2v) is 5.32. The molecule has 0 saturated heterocycles. The van der Waals surface area contributed by atoms with Crippen molar-refractivity contribution in [1.82, 2.24) is 10.3 Å². The zero-order chi connectivity index (χ0) is 15.3. The third kappa shape index (κ3) is 8.65. The first-order chi connectivity index (χ1) is 10.2. The van der Waals surface area contributed by atoms with Gasteiger partial charge in [0.15, 0.2) is 0 Å². The number of ether oxygens (including phenoxy) is 3. The fourth-order valence-electron chi connectivity index (χ4n) is 1.80. The molecule has 1 heterocycles. The van der Waals surface area contributed by atoms with Gasteiger partial charge in [0.25, 0.3) is 0 Å². The Morgan fingerprint density at radius 2 is 2.05 bits per heavy atom. The number of pyridine rings is 1. The first kappa shape index (κ1) is 17.9. The highest BCUT2D eigenvalue weighted by atomic mass is 16.5. The minimum atomic E-state index is 0.538. The number of hydrogen-bond acceptors (Lipinski definition) is 5. The van der Waals surface area contributed by atoms with Crippen molar-refractivity contribution in [2.75, 3.05) is 40.1 Å². The van der Waals surface area contributed by atoms with E-state index >= 15 is 0 Å². The predicted molar refractivity (Wildman–Crippen MR) is 83.6 cm³/mol. The topological polar surface area (TPSA) is 52.6 Å². The molecule has 0 radical (unpaired) electrons. The first-order valence-electron chi connectivity index (χ1n) is 7.57. The molecule has 0 amide bonds. The Balaban J connectivity index is 2.24. The molecule has 5 heteroatoms. The lowest BCUT2D eigenvalue weighted by molar-refractivity contribution is 0.0803. The van der Waals surface area contributed by atoms with Gasteiger partial charge in [0.2, 0.25) is 0 Å². The van der Waals surface area contributed by atoms with Crippen molar-refractivity contribution in [3.05, 3.63) is 24.0 Å². The number of rotatable bonds is 12. The van der Waals surface area contributed by atoms with Gasteiger partial charge in [-0.05, 0) is 24.9 Å². The summed E-state index contributed by atoms with van der Waals surface area (Å²) in [6.07, 6.45) is 4.46. The van der Waals surface area contributed by atoms with Gasteiger partial charge in [-0.15, -0.1) is 0 Å². The minimum Gasteiger partial charge on any atom is -0.489 e. The van der Waals surface area contributed by atoms with Crippen LogP contribution in [0.15, 0.2) is 18.5 Å². The maximum Gasteiger partial charge on any atom is 0.142 e. The van der Waals surface area contributed by atoms with Gasteiger partial charge in [-0.25, -0.2) is 0 Å². The second kappa shape index (κ2) is 11.5. The van der Waals surface area contributed by atoms with Crippen molar-refractivity contribution in [3.63, 3.8) is 0 Å². The second-order valence-electron chi connectivity index (χ2n) is 5.32. The predicted octanol–water partition coefficient (Wildman–Crippen LogP) is 2.26. The summed E-state index contributed by atoms with van der Waals surface area (Å²) in [5.41, 5.74) is 1.13. The summed E-state index contributed by atoms with van der Waals surface area (Å²) in [5.74, 6) is 1.46. The van der Waals surface area contributed by atoms with Crippen LogP contribution in [0.25, 0.3) is 0 Å². The lowest BCUT2D eigenvalue weighted by Crippen LogP contribution is -2.19. The smallest absolute Gasteiger partial charge is 0.142 e. The molecule has 1 aromatic heterocycles. The van der Waals surface area contributed by atoms with E-state index in [0.717, 1.165) is 37.4 Å². The highest BCUT2D eigenvalue weighted by Gasteiger charge is 2.04. The molecule has 0 aromatic carbocycles. The lowest BCUT2D eigenvalue weighted by Gasteiger charge is -2.12. The molecule has 1 rings (SSSR count). The summed E-state index contributed by atoms with van der Waals surface area (Å²) in [5, 5.41) is 3.41. The minimum absolute atomic E-state index is 0.538. The van der Waals surface area contributed by atoms with Crippen LogP contribution in [-0.2, 0) is 16.0 Å². The zero-order valence-electron chi connectivity index (χ0n) is 13.4. The van der Waals surface area contributed by atoms with E-state index in [0.29, 0.717) is 25.7 Å². The fraction of sp³-hybridized carbons (Fsp3) is 0.688. The fourth-order valence-corrected chi connectivity index (χ4v) is 1.80. The third-order valence-corrected chi connectivity index (χ3v) is 2.86. The van der Waals surface area contributed by atoms with Crippen LogP contribution >= 0.6 is 0 Å². The summed E-state index contributed by atoms with van der Waals surface area (Å²) in [6.45, 7) is 8.72. The van der Waals surface area contributed by atoms with Gasteiger partial charge in [-0.2, -0.15) is 0 Å². The SMILES string of the molecule is COCCCOCCOc1cnccc1CNCC(C)C.